The van der Waals surface area contributed by atoms with Gasteiger partial charge in [-0.3, -0.25) is 4.79 Å². The molecule has 1 aromatic heterocycles. The first-order valence-corrected chi connectivity index (χ1v) is 10.3. The predicted molar refractivity (Wildman–Crippen MR) is 123 cm³/mol. The normalized spacial score (nSPS) is 14.9. The minimum absolute atomic E-state index is 0.282. The highest BCUT2D eigenvalue weighted by molar-refractivity contribution is 6.06. The number of aromatic nitrogens is 4. The highest BCUT2D eigenvalue weighted by Gasteiger charge is 2.37. The van der Waals surface area contributed by atoms with Gasteiger partial charge in [-0.1, -0.05) is 22.8 Å². The second-order valence-electron chi connectivity index (χ2n) is 7.71. The van der Waals surface area contributed by atoms with E-state index in [4.69, 9.17) is 14.2 Å². The second-order valence-corrected chi connectivity index (χ2v) is 7.71. The van der Waals surface area contributed by atoms with Crippen molar-refractivity contribution in [1.82, 2.24) is 20.2 Å². The molecule has 0 fully saturated rings. The maximum Gasteiger partial charge on any atom is 0.255 e. The standard InChI is InChI=1S/C23H26N6O4/c1-12-7-9-16(13(2)11-12)25-22(30)18-14(3)24-23-26-27-28-29(23)19(18)15-8-10-17(31-4)21(33-6)20(15)32-5/h7-11,19H,1-6H3,(H,25,30)(H,24,26,28). The number of carbonyl (C=O) groups excluding carboxylic acids is 1. The molecule has 1 atom stereocenters. The van der Waals surface area contributed by atoms with Crippen molar-refractivity contribution in [3.8, 4) is 17.2 Å². The lowest BCUT2D eigenvalue weighted by Gasteiger charge is -2.29. The van der Waals surface area contributed by atoms with E-state index in [1.165, 1.54) is 14.2 Å². The molecule has 33 heavy (non-hydrogen) atoms. The molecule has 172 valence electrons. The number of nitrogens with one attached hydrogen (secondary N) is 2. The summed E-state index contributed by atoms with van der Waals surface area (Å²) in [4.78, 5) is 13.6. The number of methoxy groups -OCH3 is 3. The maximum absolute atomic E-state index is 13.6. The van der Waals surface area contributed by atoms with Gasteiger partial charge in [0.2, 0.25) is 11.7 Å². The van der Waals surface area contributed by atoms with Crippen LogP contribution in [-0.2, 0) is 4.79 Å². The van der Waals surface area contributed by atoms with Gasteiger partial charge in [-0.2, -0.15) is 4.68 Å². The van der Waals surface area contributed by atoms with Crippen LogP contribution in [-0.4, -0.2) is 47.4 Å². The third-order valence-electron chi connectivity index (χ3n) is 5.62. The summed E-state index contributed by atoms with van der Waals surface area (Å²) < 4.78 is 18.2. The Balaban J connectivity index is 1.86. The van der Waals surface area contributed by atoms with Crippen LogP contribution >= 0.6 is 0 Å². The summed E-state index contributed by atoms with van der Waals surface area (Å²) in [6.07, 6.45) is 0. The van der Waals surface area contributed by atoms with Crippen molar-refractivity contribution < 1.29 is 19.0 Å². The van der Waals surface area contributed by atoms with E-state index in [-0.39, 0.29) is 5.91 Å². The summed E-state index contributed by atoms with van der Waals surface area (Å²) in [7, 11) is 4.62. The van der Waals surface area contributed by atoms with Crippen LogP contribution in [0.25, 0.3) is 0 Å². The summed E-state index contributed by atoms with van der Waals surface area (Å²) in [5.41, 5.74) is 4.53. The maximum atomic E-state index is 13.6. The zero-order valence-corrected chi connectivity index (χ0v) is 19.4. The highest BCUT2D eigenvalue weighted by atomic mass is 16.5. The number of rotatable bonds is 6. The number of nitrogens with zero attached hydrogens (tertiary/aromatic N) is 4. The fourth-order valence-corrected chi connectivity index (χ4v) is 4.08. The molecule has 1 aliphatic rings. The van der Waals surface area contributed by atoms with Crippen LogP contribution in [0.3, 0.4) is 0 Å². The lowest BCUT2D eigenvalue weighted by molar-refractivity contribution is -0.113. The van der Waals surface area contributed by atoms with E-state index < -0.39 is 6.04 Å². The van der Waals surface area contributed by atoms with Crippen molar-refractivity contribution >= 4 is 17.5 Å². The molecule has 0 radical (unpaired) electrons. The number of amides is 1. The predicted octanol–water partition coefficient (Wildman–Crippen LogP) is 3.24. The first-order chi connectivity index (χ1) is 15.9. The van der Waals surface area contributed by atoms with Crippen LogP contribution in [0.15, 0.2) is 41.6 Å². The van der Waals surface area contributed by atoms with E-state index in [0.717, 1.165) is 16.8 Å². The summed E-state index contributed by atoms with van der Waals surface area (Å²) in [5, 5.41) is 18.1. The number of fused-ring (bicyclic) bond motifs is 1. The van der Waals surface area contributed by atoms with Crippen molar-refractivity contribution in [1.29, 1.82) is 0 Å². The fourth-order valence-electron chi connectivity index (χ4n) is 4.08. The zero-order valence-electron chi connectivity index (χ0n) is 19.4. The Morgan fingerprint density at radius 3 is 2.45 bits per heavy atom. The number of anilines is 2. The molecule has 4 rings (SSSR count). The van der Waals surface area contributed by atoms with Crippen LogP contribution in [0, 0.1) is 13.8 Å². The molecule has 1 amide bonds. The number of benzene rings is 2. The molecule has 0 spiro atoms. The van der Waals surface area contributed by atoms with Gasteiger partial charge in [0, 0.05) is 16.9 Å². The molecule has 1 unspecified atom stereocenters. The number of carbonyl (C=O) groups is 1. The monoisotopic (exact) mass is 450 g/mol. The van der Waals surface area contributed by atoms with Crippen molar-refractivity contribution in [2.45, 2.75) is 26.8 Å². The Morgan fingerprint density at radius 1 is 1.03 bits per heavy atom. The van der Waals surface area contributed by atoms with Crippen LogP contribution in [0.4, 0.5) is 11.6 Å². The molecule has 10 heteroatoms. The molecule has 0 saturated heterocycles. The third kappa shape index (κ3) is 3.84. The summed E-state index contributed by atoms with van der Waals surface area (Å²) in [6.45, 7) is 5.78. The Morgan fingerprint density at radius 2 is 1.79 bits per heavy atom. The topological polar surface area (TPSA) is 112 Å². The quantitative estimate of drug-likeness (QED) is 0.589. The van der Waals surface area contributed by atoms with Gasteiger partial charge in [-0.25, -0.2) is 0 Å². The second kappa shape index (κ2) is 8.81. The molecule has 0 aliphatic carbocycles. The van der Waals surface area contributed by atoms with Crippen LogP contribution in [0.1, 0.15) is 29.7 Å². The lowest BCUT2D eigenvalue weighted by Crippen LogP contribution is -2.32. The van der Waals surface area contributed by atoms with Gasteiger partial charge in [0.1, 0.15) is 6.04 Å². The van der Waals surface area contributed by atoms with E-state index in [1.54, 1.807) is 17.9 Å². The third-order valence-corrected chi connectivity index (χ3v) is 5.62. The number of allylic oxidation sites excluding steroid dienone is 1. The number of aryl methyl sites for hydroxylation is 2. The average molecular weight is 450 g/mol. The van der Waals surface area contributed by atoms with Gasteiger partial charge in [0.15, 0.2) is 11.5 Å². The molecule has 3 aromatic rings. The molecule has 2 N–H and O–H groups in total. The number of ether oxygens (including phenoxy) is 3. The average Bonchev–Trinajstić information content (AvgIpc) is 3.26. The summed E-state index contributed by atoms with van der Waals surface area (Å²) >= 11 is 0. The number of hydrogen-bond acceptors (Lipinski definition) is 8. The smallest absolute Gasteiger partial charge is 0.255 e. The first-order valence-electron chi connectivity index (χ1n) is 10.3. The van der Waals surface area contributed by atoms with Gasteiger partial charge in [-0.15, -0.1) is 0 Å². The SMILES string of the molecule is COc1ccc(C2C(C(=O)Nc3ccc(C)cc3C)=C(C)Nc3nnnn32)c(OC)c1OC. The number of tetrazole rings is 1. The Bertz CT molecular complexity index is 1250. The summed E-state index contributed by atoms with van der Waals surface area (Å²) in [6, 6.07) is 8.78. The van der Waals surface area contributed by atoms with Crippen molar-refractivity contribution in [2.24, 2.45) is 0 Å². The minimum Gasteiger partial charge on any atom is -0.493 e. The zero-order chi connectivity index (χ0) is 23.7. The van der Waals surface area contributed by atoms with Crippen molar-refractivity contribution in [2.75, 3.05) is 32.0 Å². The molecule has 1 aliphatic heterocycles. The van der Waals surface area contributed by atoms with Gasteiger partial charge in [0.25, 0.3) is 5.91 Å². The molecule has 10 nitrogen and oxygen atoms in total. The van der Waals surface area contributed by atoms with E-state index in [2.05, 4.69) is 26.2 Å². The van der Waals surface area contributed by atoms with Gasteiger partial charge in [0.05, 0.1) is 26.9 Å². The lowest BCUT2D eigenvalue weighted by atomic mass is 9.93. The van der Waals surface area contributed by atoms with Crippen LogP contribution in [0.5, 0.6) is 17.2 Å². The highest BCUT2D eigenvalue weighted by Crippen LogP contribution is 2.46. The van der Waals surface area contributed by atoms with E-state index in [1.807, 2.05) is 45.0 Å². The van der Waals surface area contributed by atoms with Crippen molar-refractivity contribution in [3.05, 3.63) is 58.3 Å². The molecule has 2 heterocycles. The summed E-state index contributed by atoms with van der Waals surface area (Å²) in [5.74, 6) is 1.48. The Hall–Kier alpha value is -4.08. The van der Waals surface area contributed by atoms with Gasteiger partial charge < -0.3 is 24.8 Å². The largest absolute Gasteiger partial charge is 0.493 e. The van der Waals surface area contributed by atoms with Crippen molar-refractivity contribution in [3.63, 3.8) is 0 Å². The molecule has 0 bridgehead atoms. The van der Waals surface area contributed by atoms with E-state index in [9.17, 15) is 4.79 Å². The Labute approximate surface area is 191 Å². The minimum atomic E-state index is -0.670. The Kier molecular flexibility index (Phi) is 5.91. The molecule has 2 aromatic carbocycles. The van der Waals surface area contributed by atoms with E-state index in [0.29, 0.717) is 40.0 Å². The molecule has 0 saturated carbocycles. The molecular weight excluding hydrogens is 424 g/mol. The first kappa shape index (κ1) is 22.1. The molecular formula is C23H26N6O4. The van der Waals surface area contributed by atoms with E-state index >= 15 is 0 Å². The number of hydrogen-bond donors (Lipinski definition) is 2. The van der Waals surface area contributed by atoms with Crippen LogP contribution in [0.2, 0.25) is 0 Å². The van der Waals surface area contributed by atoms with Crippen LogP contribution < -0.4 is 24.8 Å². The van der Waals surface area contributed by atoms with Gasteiger partial charge in [-0.05, 0) is 55.0 Å². The van der Waals surface area contributed by atoms with Gasteiger partial charge >= 0.3 is 0 Å². The fraction of sp³-hybridized carbons (Fsp3) is 0.304.